The fraction of sp³-hybridized carbons (Fsp3) is 0.368. The maximum atomic E-state index is 5.36. The second-order valence-electron chi connectivity index (χ2n) is 6.56. The third-order valence-electron chi connectivity index (χ3n) is 5.01. The number of benzene rings is 1. The Kier molecular flexibility index (Phi) is 4.89. The molecule has 4 rings (SSSR count). The molecule has 2 aromatic heterocycles. The standard InChI is InChI=1S/C19H23N7S/c1-3-25(4-2)14-10-8-13(9-11-14)12-20-26-18(23-24-19(26)27)17-15-6-5-7-16(15)21-22-17/h8-12H,3-7H2,1-2H3,(H,21,22)(H,24,27)/b20-12+. The third kappa shape index (κ3) is 3.32. The summed E-state index contributed by atoms with van der Waals surface area (Å²) in [6.07, 6.45) is 4.99. The zero-order valence-corrected chi connectivity index (χ0v) is 16.4. The number of rotatable bonds is 6. The molecule has 0 unspecified atom stereocenters. The molecule has 0 amide bonds. The first-order valence-electron chi connectivity index (χ1n) is 9.34. The van der Waals surface area contributed by atoms with Crippen LogP contribution in [0.3, 0.4) is 0 Å². The van der Waals surface area contributed by atoms with Crippen molar-refractivity contribution in [2.24, 2.45) is 5.10 Å². The summed E-state index contributed by atoms with van der Waals surface area (Å²) in [5, 5.41) is 19.3. The topological polar surface area (TPSA) is 77.9 Å². The van der Waals surface area contributed by atoms with Crippen molar-refractivity contribution in [2.45, 2.75) is 33.1 Å². The summed E-state index contributed by atoms with van der Waals surface area (Å²) in [6.45, 7) is 6.30. The van der Waals surface area contributed by atoms with E-state index in [1.165, 1.54) is 16.9 Å². The van der Waals surface area contributed by atoms with Gasteiger partial charge in [-0.2, -0.15) is 20.0 Å². The van der Waals surface area contributed by atoms with Gasteiger partial charge in [0.25, 0.3) is 0 Å². The Labute approximate surface area is 163 Å². The minimum atomic E-state index is 0.454. The minimum Gasteiger partial charge on any atom is -0.372 e. The van der Waals surface area contributed by atoms with E-state index in [0.717, 1.165) is 43.6 Å². The molecule has 0 saturated heterocycles. The molecular weight excluding hydrogens is 358 g/mol. The van der Waals surface area contributed by atoms with Gasteiger partial charge in [-0.25, -0.2) is 5.10 Å². The number of hydrogen-bond donors (Lipinski definition) is 2. The number of nitrogens with one attached hydrogen (secondary N) is 2. The molecule has 0 bridgehead atoms. The Morgan fingerprint density at radius 2 is 1.93 bits per heavy atom. The molecule has 0 radical (unpaired) electrons. The highest BCUT2D eigenvalue weighted by atomic mass is 32.1. The quantitative estimate of drug-likeness (QED) is 0.506. The molecule has 8 heteroatoms. The zero-order chi connectivity index (χ0) is 18.8. The molecule has 140 valence electrons. The lowest BCUT2D eigenvalue weighted by Crippen LogP contribution is -2.21. The van der Waals surface area contributed by atoms with E-state index >= 15 is 0 Å². The first-order chi connectivity index (χ1) is 13.2. The number of anilines is 1. The SMILES string of the molecule is CCN(CC)c1ccc(/C=N/n2c(-c3n[nH]c4c3CCC4)n[nH]c2=S)cc1. The molecule has 0 atom stereocenters. The summed E-state index contributed by atoms with van der Waals surface area (Å²) in [6, 6.07) is 8.36. The van der Waals surface area contributed by atoms with Gasteiger partial charge in [-0.3, -0.25) is 5.10 Å². The number of nitrogens with zero attached hydrogens (tertiary/aromatic N) is 5. The summed E-state index contributed by atoms with van der Waals surface area (Å²) >= 11 is 5.36. The van der Waals surface area contributed by atoms with Crippen LogP contribution in [0, 0.1) is 4.77 Å². The minimum absolute atomic E-state index is 0.454. The predicted molar refractivity (Wildman–Crippen MR) is 110 cm³/mol. The van der Waals surface area contributed by atoms with Crippen LogP contribution in [0.2, 0.25) is 0 Å². The molecule has 0 saturated carbocycles. The van der Waals surface area contributed by atoms with Gasteiger partial charge in [-0.1, -0.05) is 12.1 Å². The Hall–Kier alpha value is -2.74. The average Bonchev–Trinajstić information content (AvgIpc) is 3.38. The van der Waals surface area contributed by atoms with Gasteiger partial charge in [-0.15, -0.1) is 0 Å². The highest BCUT2D eigenvalue weighted by Gasteiger charge is 2.23. The van der Waals surface area contributed by atoms with Crippen LogP contribution in [0.4, 0.5) is 5.69 Å². The molecule has 0 aliphatic heterocycles. The normalized spacial score (nSPS) is 13.4. The second-order valence-corrected chi connectivity index (χ2v) is 6.94. The van der Waals surface area contributed by atoms with E-state index in [4.69, 9.17) is 12.2 Å². The van der Waals surface area contributed by atoms with Crippen molar-refractivity contribution in [1.82, 2.24) is 25.1 Å². The van der Waals surface area contributed by atoms with Gasteiger partial charge >= 0.3 is 0 Å². The highest BCUT2D eigenvalue weighted by Crippen LogP contribution is 2.29. The lowest BCUT2D eigenvalue weighted by molar-refractivity contribution is 0.844. The van der Waals surface area contributed by atoms with Crippen LogP contribution in [-0.4, -0.2) is 44.4 Å². The van der Waals surface area contributed by atoms with Gasteiger partial charge in [-0.05, 0) is 63.0 Å². The van der Waals surface area contributed by atoms with E-state index in [-0.39, 0.29) is 0 Å². The monoisotopic (exact) mass is 381 g/mol. The summed E-state index contributed by atoms with van der Waals surface area (Å²) in [5.41, 5.74) is 5.48. The van der Waals surface area contributed by atoms with Crippen molar-refractivity contribution in [3.05, 3.63) is 45.9 Å². The third-order valence-corrected chi connectivity index (χ3v) is 5.28. The van der Waals surface area contributed by atoms with Crippen LogP contribution >= 0.6 is 12.2 Å². The lowest BCUT2D eigenvalue weighted by atomic mass is 10.2. The first kappa shape index (κ1) is 17.7. The van der Waals surface area contributed by atoms with Crippen LogP contribution in [0.15, 0.2) is 29.4 Å². The lowest BCUT2D eigenvalue weighted by Gasteiger charge is -2.20. The molecule has 7 nitrogen and oxygen atoms in total. The number of H-pyrrole nitrogens is 2. The van der Waals surface area contributed by atoms with Crippen LogP contribution in [0.1, 0.15) is 37.1 Å². The molecule has 0 spiro atoms. The van der Waals surface area contributed by atoms with Crippen LogP contribution < -0.4 is 4.90 Å². The van der Waals surface area contributed by atoms with E-state index in [0.29, 0.717) is 10.6 Å². The predicted octanol–water partition coefficient (Wildman–Crippen LogP) is 3.55. The van der Waals surface area contributed by atoms with E-state index in [1.807, 2.05) is 0 Å². The second kappa shape index (κ2) is 7.48. The molecule has 1 aliphatic rings. The fourth-order valence-corrected chi connectivity index (χ4v) is 3.72. The molecule has 0 fully saturated rings. The van der Waals surface area contributed by atoms with E-state index in [9.17, 15) is 0 Å². The van der Waals surface area contributed by atoms with E-state index in [2.05, 4.69) is 68.5 Å². The molecule has 1 aliphatic carbocycles. The summed E-state index contributed by atoms with van der Waals surface area (Å²) in [4.78, 5) is 2.31. The molecular formula is C19H23N7S. The Morgan fingerprint density at radius 3 is 2.67 bits per heavy atom. The Balaban J connectivity index is 1.62. The molecule has 2 heterocycles. The number of aromatic amines is 2. The fourth-order valence-electron chi connectivity index (χ4n) is 3.54. The van der Waals surface area contributed by atoms with Crippen LogP contribution in [0.5, 0.6) is 0 Å². The Morgan fingerprint density at radius 1 is 1.15 bits per heavy atom. The van der Waals surface area contributed by atoms with Crippen molar-refractivity contribution >= 4 is 24.1 Å². The molecule has 1 aromatic carbocycles. The first-order valence-corrected chi connectivity index (χ1v) is 9.75. The van der Waals surface area contributed by atoms with Gasteiger partial charge in [0.2, 0.25) is 10.6 Å². The van der Waals surface area contributed by atoms with E-state index < -0.39 is 0 Å². The highest BCUT2D eigenvalue weighted by molar-refractivity contribution is 7.71. The largest absolute Gasteiger partial charge is 0.372 e. The molecule has 2 N–H and O–H groups in total. The van der Waals surface area contributed by atoms with Crippen molar-refractivity contribution in [2.75, 3.05) is 18.0 Å². The van der Waals surface area contributed by atoms with Crippen molar-refractivity contribution in [3.63, 3.8) is 0 Å². The number of aryl methyl sites for hydroxylation is 1. The smallest absolute Gasteiger partial charge is 0.216 e. The summed E-state index contributed by atoms with van der Waals surface area (Å²) in [5.74, 6) is 0.649. The van der Waals surface area contributed by atoms with Crippen molar-refractivity contribution < 1.29 is 0 Å². The van der Waals surface area contributed by atoms with Gasteiger partial charge in [0, 0.05) is 30.0 Å². The maximum absolute atomic E-state index is 5.36. The van der Waals surface area contributed by atoms with Crippen molar-refractivity contribution in [3.8, 4) is 11.5 Å². The summed E-state index contributed by atoms with van der Waals surface area (Å²) < 4.78 is 2.10. The van der Waals surface area contributed by atoms with Crippen LogP contribution in [0.25, 0.3) is 11.5 Å². The molecule has 27 heavy (non-hydrogen) atoms. The molecule has 3 aromatic rings. The number of fused-ring (bicyclic) bond motifs is 1. The summed E-state index contributed by atoms with van der Waals surface area (Å²) in [7, 11) is 0. The average molecular weight is 382 g/mol. The Bertz CT molecular complexity index is 1010. The van der Waals surface area contributed by atoms with Gasteiger partial charge in [0.15, 0.2) is 0 Å². The van der Waals surface area contributed by atoms with Gasteiger partial charge < -0.3 is 4.90 Å². The van der Waals surface area contributed by atoms with Crippen molar-refractivity contribution in [1.29, 1.82) is 0 Å². The van der Waals surface area contributed by atoms with Crippen LogP contribution in [-0.2, 0) is 12.8 Å². The maximum Gasteiger partial charge on any atom is 0.216 e. The van der Waals surface area contributed by atoms with Gasteiger partial charge in [0.05, 0.1) is 6.21 Å². The zero-order valence-electron chi connectivity index (χ0n) is 15.6. The number of aromatic nitrogens is 5. The number of hydrogen-bond acceptors (Lipinski definition) is 5. The van der Waals surface area contributed by atoms with Gasteiger partial charge in [0.1, 0.15) is 5.69 Å². The van der Waals surface area contributed by atoms with E-state index in [1.54, 1.807) is 10.9 Å².